The number of hydrogen-bond donors (Lipinski definition) is 1. The summed E-state index contributed by atoms with van der Waals surface area (Å²) in [6, 6.07) is 0. The molecule has 140 valence electrons. The van der Waals surface area contributed by atoms with Crippen molar-refractivity contribution in [2.75, 3.05) is 0 Å². The summed E-state index contributed by atoms with van der Waals surface area (Å²) in [7, 11) is 0. The van der Waals surface area contributed by atoms with Gasteiger partial charge in [0.1, 0.15) is 11.2 Å². The van der Waals surface area contributed by atoms with Gasteiger partial charge in [0.05, 0.1) is 0 Å². The SMILES string of the molecule is CC(C)C[C@@](C)(C(=O)O)N(C(=O)OC(C)(C)C)C(=O)OC(C)(C)C. The molecule has 0 heterocycles. The first kappa shape index (κ1) is 22.2. The predicted octanol–water partition coefficient (Wildman–Crippen LogP) is 4.05. The predicted molar refractivity (Wildman–Crippen MR) is 89.8 cm³/mol. The van der Waals surface area contributed by atoms with Gasteiger partial charge in [0, 0.05) is 0 Å². The minimum absolute atomic E-state index is 0.0703. The molecular formula is C17H31NO6. The van der Waals surface area contributed by atoms with Crippen molar-refractivity contribution in [3.05, 3.63) is 0 Å². The summed E-state index contributed by atoms with van der Waals surface area (Å²) in [5, 5.41) is 9.69. The van der Waals surface area contributed by atoms with Gasteiger partial charge in [-0.1, -0.05) is 13.8 Å². The highest BCUT2D eigenvalue weighted by molar-refractivity contribution is 5.95. The average Bonchev–Trinajstić information content (AvgIpc) is 2.21. The molecule has 0 aromatic carbocycles. The van der Waals surface area contributed by atoms with E-state index in [1.807, 2.05) is 13.8 Å². The number of carboxylic acids is 1. The molecule has 0 aliphatic rings. The number of nitrogens with zero attached hydrogens (tertiary/aromatic N) is 1. The summed E-state index contributed by atoms with van der Waals surface area (Å²) in [5.74, 6) is -1.37. The summed E-state index contributed by atoms with van der Waals surface area (Å²) >= 11 is 0. The quantitative estimate of drug-likeness (QED) is 0.826. The Kier molecular flexibility index (Phi) is 6.85. The van der Waals surface area contributed by atoms with Gasteiger partial charge in [-0.2, -0.15) is 4.90 Å². The summed E-state index contributed by atoms with van der Waals surface area (Å²) in [5.41, 5.74) is -3.54. The number of aliphatic carboxylic acids is 1. The molecule has 0 aliphatic heterocycles. The van der Waals surface area contributed by atoms with E-state index in [-0.39, 0.29) is 12.3 Å². The van der Waals surface area contributed by atoms with Crippen LogP contribution in [0, 0.1) is 5.92 Å². The minimum Gasteiger partial charge on any atom is -0.479 e. The number of rotatable bonds is 4. The van der Waals surface area contributed by atoms with Crippen LogP contribution in [0.15, 0.2) is 0 Å². The van der Waals surface area contributed by atoms with Gasteiger partial charge in [0.15, 0.2) is 5.54 Å². The van der Waals surface area contributed by atoms with E-state index >= 15 is 0 Å². The van der Waals surface area contributed by atoms with Crippen LogP contribution in [0.25, 0.3) is 0 Å². The van der Waals surface area contributed by atoms with Crippen LogP contribution in [0.2, 0.25) is 0 Å². The molecule has 0 rings (SSSR count). The van der Waals surface area contributed by atoms with Crippen molar-refractivity contribution in [3.63, 3.8) is 0 Å². The first-order valence-corrected chi connectivity index (χ1v) is 7.99. The van der Waals surface area contributed by atoms with Gasteiger partial charge in [-0.05, 0) is 60.8 Å². The molecule has 0 radical (unpaired) electrons. The number of imide groups is 1. The zero-order valence-corrected chi connectivity index (χ0v) is 16.2. The van der Waals surface area contributed by atoms with Crippen molar-refractivity contribution in [2.45, 2.75) is 85.5 Å². The largest absolute Gasteiger partial charge is 0.479 e. The molecule has 0 unspecified atom stereocenters. The summed E-state index contributed by atoms with van der Waals surface area (Å²) in [6.45, 7) is 14.8. The standard InChI is InChI=1S/C17H31NO6/c1-11(2)10-17(9,12(19)20)18(13(21)23-15(3,4)5)14(22)24-16(6,7)8/h11H,10H2,1-9H3,(H,19,20)/t17-/m0/s1. The zero-order chi connectivity index (χ0) is 19.5. The van der Waals surface area contributed by atoms with Gasteiger partial charge in [-0.15, -0.1) is 0 Å². The molecule has 0 spiro atoms. The summed E-state index contributed by atoms with van der Waals surface area (Å²) < 4.78 is 10.5. The lowest BCUT2D eigenvalue weighted by Gasteiger charge is -2.38. The molecule has 1 N–H and O–H groups in total. The molecule has 0 aromatic heterocycles. The van der Waals surface area contributed by atoms with E-state index in [2.05, 4.69) is 0 Å². The Morgan fingerprint density at radius 3 is 1.42 bits per heavy atom. The third kappa shape index (κ3) is 6.76. The third-order valence-corrected chi connectivity index (χ3v) is 2.91. The van der Waals surface area contributed by atoms with Crippen LogP contribution < -0.4 is 0 Å². The maximum atomic E-state index is 12.6. The Morgan fingerprint density at radius 2 is 1.21 bits per heavy atom. The fourth-order valence-corrected chi connectivity index (χ4v) is 2.16. The van der Waals surface area contributed by atoms with Gasteiger partial charge in [-0.25, -0.2) is 14.4 Å². The Labute approximate surface area is 144 Å². The smallest absolute Gasteiger partial charge is 0.420 e. The second-order valence-electron chi connectivity index (χ2n) is 8.47. The normalized spacial score (nSPS) is 14.8. The molecule has 7 heteroatoms. The molecule has 0 saturated heterocycles. The van der Waals surface area contributed by atoms with Crippen LogP contribution in [0.3, 0.4) is 0 Å². The van der Waals surface area contributed by atoms with Crippen molar-refractivity contribution in [2.24, 2.45) is 5.92 Å². The molecule has 0 aromatic rings. The lowest BCUT2D eigenvalue weighted by molar-refractivity contribution is -0.150. The number of carbonyl (C=O) groups excluding carboxylic acids is 2. The van der Waals surface area contributed by atoms with Crippen LogP contribution in [-0.4, -0.2) is 44.9 Å². The number of carboxylic acid groups (broad SMARTS) is 1. The van der Waals surface area contributed by atoms with E-state index in [1.165, 1.54) is 6.92 Å². The minimum atomic E-state index is -1.78. The van der Waals surface area contributed by atoms with Crippen molar-refractivity contribution < 1.29 is 29.0 Å². The van der Waals surface area contributed by atoms with Crippen molar-refractivity contribution in [3.8, 4) is 0 Å². The van der Waals surface area contributed by atoms with Gasteiger partial charge in [0.25, 0.3) is 0 Å². The molecule has 0 saturated carbocycles. The number of amides is 2. The van der Waals surface area contributed by atoms with Gasteiger partial charge >= 0.3 is 18.2 Å². The number of hydrogen-bond acceptors (Lipinski definition) is 5. The monoisotopic (exact) mass is 345 g/mol. The second-order valence-corrected chi connectivity index (χ2v) is 8.47. The molecule has 1 atom stereocenters. The highest BCUT2D eigenvalue weighted by Crippen LogP contribution is 2.28. The fraction of sp³-hybridized carbons (Fsp3) is 0.824. The summed E-state index contributed by atoms with van der Waals surface area (Å²) in [6.07, 6.45) is -2.01. The van der Waals surface area contributed by atoms with E-state index in [0.717, 1.165) is 0 Å². The molecular weight excluding hydrogens is 314 g/mol. The Balaban J connectivity index is 5.95. The van der Waals surface area contributed by atoms with E-state index < -0.39 is 34.9 Å². The highest BCUT2D eigenvalue weighted by Gasteiger charge is 2.49. The van der Waals surface area contributed by atoms with Gasteiger partial charge < -0.3 is 14.6 Å². The molecule has 0 fully saturated rings. The third-order valence-electron chi connectivity index (χ3n) is 2.91. The molecule has 0 bridgehead atoms. The summed E-state index contributed by atoms with van der Waals surface area (Å²) in [4.78, 5) is 37.6. The van der Waals surface area contributed by atoms with Crippen molar-refractivity contribution in [1.82, 2.24) is 4.90 Å². The lowest BCUT2D eigenvalue weighted by Crippen LogP contribution is -2.60. The number of carbonyl (C=O) groups is 3. The lowest BCUT2D eigenvalue weighted by atomic mass is 9.89. The molecule has 7 nitrogen and oxygen atoms in total. The molecule has 0 aliphatic carbocycles. The van der Waals surface area contributed by atoms with Gasteiger partial charge in [0.2, 0.25) is 0 Å². The topological polar surface area (TPSA) is 93.1 Å². The first-order valence-electron chi connectivity index (χ1n) is 7.99. The van der Waals surface area contributed by atoms with E-state index in [9.17, 15) is 19.5 Å². The van der Waals surface area contributed by atoms with Crippen LogP contribution in [0.5, 0.6) is 0 Å². The van der Waals surface area contributed by atoms with Crippen molar-refractivity contribution in [1.29, 1.82) is 0 Å². The van der Waals surface area contributed by atoms with Crippen LogP contribution in [0.1, 0.15) is 68.7 Å². The molecule has 2 amide bonds. The fourth-order valence-electron chi connectivity index (χ4n) is 2.16. The van der Waals surface area contributed by atoms with E-state index in [1.54, 1.807) is 41.5 Å². The van der Waals surface area contributed by atoms with Crippen LogP contribution in [0.4, 0.5) is 9.59 Å². The Morgan fingerprint density at radius 1 is 0.875 bits per heavy atom. The zero-order valence-electron chi connectivity index (χ0n) is 16.2. The Bertz CT molecular complexity index is 458. The first-order chi connectivity index (χ1) is 10.5. The second kappa shape index (κ2) is 7.40. The highest BCUT2D eigenvalue weighted by atomic mass is 16.6. The maximum absolute atomic E-state index is 12.6. The Hall–Kier alpha value is -1.79. The van der Waals surface area contributed by atoms with Gasteiger partial charge in [-0.3, -0.25) is 0 Å². The van der Waals surface area contributed by atoms with Crippen LogP contribution in [-0.2, 0) is 14.3 Å². The van der Waals surface area contributed by atoms with Crippen LogP contribution >= 0.6 is 0 Å². The maximum Gasteiger partial charge on any atom is 0.420 e. The van der Waals surface area contributed by atoms with E-state index in [4.69, 9.17) is 9.47 Å². The number of ether oxygens (including phenoxy) is 2. The van der Waals surface area contributed by atoms with E-state index in [0.29, 0.717) is 4.90 Å². The molecule has 24 heavy (non-hydrogen) atoms. The average molecular weight is 345 g/mol. The van der Waals surface area contributed by atoms with Crippen molar-refractivity contribution >= 4 is 18.2 Å².